The Morgan fingerprint density at radius 1 is 1.71 bits per heavy atom. The van der Waals surface area contributed by atoms with E-state index < -0.39 is 8.80 Å². The van der Waals surface area contributed by atoms with Gasteiger partial charge in [-0.05, 0) is 0 Å². The van der Waals surface area contributed by atoms with Gasteiger partial charge in [-0.3, -0.25) is 0 Å². The molecule has 0 rings (SSSR count). The summed E-state index contributed by atoms with van der Waals surface area (Å²) in [4.78, 5) is 0. The van der Waals surface area contributed by atoms with Crippen molar-refractivity contribution in [3.05, 3.63) is 12.7 Å². The van der Waals surface area contributed by atoms with Crippen LogP contribution in [0.5, 0.6) is 0 Å². The van der Waals surface area contributed by atoms with Gasteiger partial charge >= 0.3 is 0 Å². The quantitative estimate of drug-likeness (QED) is 0.417. The number of hydrogen-bond acceptors (Lipinski definition) is 1. The zero-order valence-electron chi connectivity index (χ0n) is 4.81. The predicted molar refractivity (Wildman–Crippen MR) is 33.7 cm³/mol. The Morgan fingerprint density at radius 2 is 2.14 bits per heavy atom. The highest BCUT2D eigenvalue weighted by Crippen LogP contribution is 1.89. The van der Waals surface area contributed by atoms with Crippen molar-refractivity contribution in [1.82, 2.24) is 0 Å². The van der Waals surface area contributed by atoms with Crippen LogP contribution in [-0.4, -0.2) is 19.6 Å². The molecule has 0 aliphatic carbocycles. The lowest BCUT2D eigenvalue weighted by molar-refractivity contribution is 0.296. The first-order chi connectivity index (χ1) is 3.18. The Kier molecular flexibility index (Phi) is 2.95. The normalized spacial score (nSPS) is 14.3. The Bertz CT molecular complexity index is 61.1. The molecule has 0 saturated heterocycles. The fraction of sp³-hybridized carbons (Fsp3) is 0.600. The largest absolute Gasteiger partial charge is 0.393 e. The summed E-state index contributed by atoms with van der Waals surface area (Å²) in [5.41, 5.74) is -0.231. The summed E-state index contributed by atoms with van der Waals surface area (Å²) in [5, 5.41) is 8.86. The van der Waals surface area contributed by atoms with Gasteiger partial charge in [-0.2, -0.15) is 0 Å². The van der Waals surface area contributed by atoms with E-state index in [-0.39, 0.29) is 5.73 Å². The predicted octanol–water partition coefficient (Wildman–Crippen LogP) is 0.827. The highest BCUT2D eigenvalue weighted by atomic mass is 28.3. The van der Waals surface area contributed by atoms with Crippen LogP contribution in [0.25, 0.3) is 0 Å². The average molecular weight is 115 g/mol. The maximum atomic E-state index is 8.86. The van der Waals surface area contributed by atoms with Crippen LogP contribution in [0.3, 0.4) is 0 Å². The van der Waals surface area contributed by atoms with Gasteiger partial charge in [0.2, 0.25) is 0 Å². The van der Waals surface area contributed by atoms with E-state index in [1.54, 1.807) is 6.08 Å². The lowest BCUT2D eigenvalue weighted by atomic mass is 10.7. The maximum absolute atomic E-state index is 8.86. The molecule has 0 aliphatic rings. The van der Waals surface area contributed by atoms with Crippen molar-refractivity contribution in [2.24, 2.45) is 0 Å². The molecule has 1 radical (unpaired) electrons. The van der Waals surface area contributed by atoms with Crippen molar-refractivity contribution in [3.8, 4) is 0 Å². The van der Waals surface area contributed by atoms with E-state index in [1.165, 1.54) is 0 Å². The van der Waals surface area contributed by atoms with Crippen molar-refractivity contribution >= 4 is 8.80 Å². The van der Waals surface area contributed by atoms with E-state index >= 15 is 0 Å². The molecule has 1 nitrogen and oxygen atoms in total. The molecule has 0 heterocycles. The average Bonchev–Trinajstić information content (AvgIpc) is 1.65. The second-order valence-corrected chi connectivity index (χ2v) is 4.50. The smallest absolute Gasteiger partial charge is 0.0831 e. The number of rotatable bonds is 2. The van der Waals surface area contributed by atoms with Gasteiger partial charge in [-0.1, -0.05) is 19.2 Å². The molecular formula is C5H11OSi. The molecule has 0 aromatic carbocycles. The summed E-state index contributed by atoms with van der Waals surface area (Å²) in [6.45, 7) is 7.56. The van der Waals surface area contributed by atoms with Crippen LogP contribution in [0.2, 0.25) is 13.1 Å². The van der Waals surface area contributed by atoms with E-state index in [0.29, 0.717) is 0 Å². The number of hydrogen-bond donors (Lipinski definition) is 1. The third-order valence-corrected chi connectivity index (χ3v) is 2.23. The second-order valence-electron chi connectivity index (χ2n) is 1.76. The van der Waals surface area contributed by atoms with Gasteiger partial charge in [0.1, 0.15) is 0 Å². The van der Waals surface area contributed by atoms with Gasteiger partial charge in [0, 0.05) is 0 Å². The third kappa shape index (κ3) is 2.59. The summed E-state index contributed by atoms with van der Waals surface area (Å²) >= 11 is 0. The molecule has 0 fully saturated rings. The van der Waals surface area contributed by atoms with Crippen LogP contribution in [0.4, 0.5) is 0 Å². The molecule has 7 heavy (non-hydrogen) atoms. The number of aliphatic hydroxyl groups excluding tert-OH is 1. The van der Waals surface area contributed by atoms with Crippen molar-refractivity contribution in [2.45, 2.75) is 18.8 Å². The summed E-state index contributed by atoms with van der Waals surface area (Å²) in [6.07, 6.45) is 1.59. The van der Waals surface area contributed by atoms with Crippen molar-refractivity contribution in [3.63, 3.8) is 0 Å². The molecule has 0 bridgehead atoms. The molecule has 0 saturated carbocycles. The van der Waals surface area contributed by atoms with Crippen LogP contribution >= 0.6 is 0 Å². The van der Waals surface area contributed by atoms with Crippen molar-refractivity contribution in [1.29, 1.82) is 0 Å². The Labute approximate surface area is 46.3 Å². The molecule has 41 valence electrons. The van der Waals surface area contributed by atoms with Gasteiger partial charge in [0.25, 0.3) is 0 Å². The Hall–Kier alpha value is -0.0831. The molecule has 0 aliphatic heterocycles. The van der Waals surface area contributed by atoms with Crippen molar-refractivity contribution in [2.75, 3.05) is 0 Å². The van der Waals surface area contributed by atoms with Gasteiger partial charge in [0.05, 0.1) is 14.5 Å². The first-order valence-electron chi connectivity index (χ1n) is 2.29. The van der Waals surface area contributed by atoms with Crippen LogP contribution in [-0.2, 0) is 0 Å². The van der Waals surface area contributed by atoms with Crippen LogP contribution in [0.1, 0.15) is 0 Å². The van der Waals surface area contributed by atoms with E-state index in [4.69, 9.17) is 5.11 Å². The fourth-order valence-electron chi connectivity index (χ4n) is 0.236. The molecule has 1 unspecified atom stereocenters. The molecular weight excluding hydrogens is 104 g/mol. The molecule has 0 amide bonds. The topological polar surface area (TPSA) is 20.2 Å². The molecule has 0 spiro atoms. The highest BCUT2D eigenvalue weighted by molar-refractivity contribution is 6.57. The molecule has 0 aromatic heterocycles. The maximum Gasteiger partial charge on any atom is 0.0831 e. The van der Waals surface area contributed by atoms with E-state index in [1.807, 2.05) is 0 Å². The lowest BCUT2D eigenvalue weighted by Crippen LogP contribution is -2.20. The SMILES string of the molecule is C=CC(O)[Si](C)C. The summed E-state index contributed by atoms with van der Waals surface area (Å²) < 4.78 is 0. The minimum Gasteiger partial charge on any atom is -0.393 e. The third-order valence-electron chi connectivity index (χ3n) is 0.815. The molecule has 2 heteroatoms. The molecule has 0 aromatic rings. The second kappa shape index (κ2) is 2.99. The minimum atomic E-state index is -0.526. The van der Waals surface area contributed by atoms with Gasteiger partial charge in [-0.15, -0.1) is 6.58 Å². The van der Waals surface area contributed by atoms with Crippen LogP contribution in [0, 0.1) is 0 Å². The summed E-state index contributed by atoms with van der Waals surface area (Å²) in [5.74, 6) is 0. The fourth-order valence-corrected chi connectivity index (χ4v) is 0.707. The standard InChI is InChI=1S/C5H11OSi/c1-4-5(6)7(2)3/h4-6H,1H2,2-3H3. The van der Waals surface area contributed by atoms with Gasteiger partial charge in [-0.25, -0.2) is 0 Å². The zero-order chi connectivity index (χ0) is 5.86. The van der Waals surface area contributed by atoms with E-state index in [9.17, 15) is 0 Å². The van der Waals surface area contributed by atoms with Crippen LogP contribution < -0.4 is 0 Å². The lowest BCUT2D eigenvalue weighted by Gasteiger charge is -2.04. The Morgan fingerprint density at radius 3 is 2.14 bits per heavy atom. The minimum absolute atomic E-state index is 0.231. The van der Waals surface area contributed by atoms with Gasteiger partial charge in [0.15, 0.2) is 0 Å². The number of aliphatic hydroxyl groups is 1. The first-order valence-corrected chi connectivity index (χ1v) is 4.87. The monoisotopic (exact) mass is 115 g/mol. The Balaban J connectivity index is 3.33. The molecule has 1 N–H and O–H groups in total. The van der Waals surface area contributed by atoms with E-state index in [0.717, 1.165) is 0 Å². The van der Waals surface area contributed by atoms with E-state index in [2.05, 4.69) is 19.7 Å². The summed E-state index contributed by atoms with van der Waals surface area (Å²) in [7, 11) is -0.526. The van der Waals surface area contributed by atoms with Gasteiger partial charge < -0.3 is 5.11 Å². The zero-order valence-corrected chi connectivity index (χ0v) is 5.81. The van der Waals surface area contributed by atoms with Crippen molar-refractivity contribution < 1.29 is 5.11 Å². The molecule has 1 atom stereocenters. The first kappa shape index (κ1) is 6.92. The van der Waals surface area contributed by atoms with Crippen LogP contribution in [0.15, 0.2) is 12.7 Å². The summed E-state index contributed by atoms with van der Waals surface area (Å²) in [6, 6.07) is 0. The highest BCUT2D eigenvalue weighted by Gasteiger charge is 2.03.